The molecule has 0 amide bonds. The Hall–Kier alpha value is -1.34. The molecule has 0 N–H and O–H groups in total. The molecule has 1 aliphatic carbocycles. The number of imidazole rings is 1. The third-order valence-corrected chi connectivity index (χ3v) is 2.83. The molecule has 72 valence electrons. The van der Waals surface area contributed by atoms with Gasteiger partial charge in [0.05, 0.1) is 18.1 Å². The predicted molar refractivity (Wildman–Crippen MR) is 49.8 cm³/mol. The number of rotatable bonds is 1. The highest BCUT2D eigenvalue weighted by molar-refractivity contribution is 6.30. The zero-order valence-electron chi connectivity index (χ0n) is 7.62. The topological polar surface area (TPSA) is 58.7 Å². The van der Waals surface area contributed by atoms with E-state index in [4.69, 9.17) is 16.9 Å². The summed E-state index contributed by atoms with van der Waals surface area (Å²) >= 11 is 5.87. The van der Waals surface area contributed by atoms with Gasteiger partial charge in [0, 0.05) is 19.9 Å². The number of aromatic nitrogens is 2. The van der Waals surface area contributed by atoms with Crippen molar-refractivity contribution in [3.8, 4) is 6.07 Å². The fraction of sp³-hybridized carbons (Fsp3) is 0.444. The van der Waals surface area contributed by atoms with Crippen LogP contribution in [-0.2, 0) is 17.3 Å². The number of nitrogens with zero attached hydrogens (tertiary/aromatic N) is 3. The van der Waals surface area contributed by atoms with Gasteiger partial charge >= 0.3 is 0 Å². The molecular weight excluding hydrogens is 202 g/mol. The Bertz CT molecular complexity index is 416. The Balaban J connectivity index is 2.49. The lowest BCUT2D eigenvalue weighted by Gasteiger charge is -2.33. The van der Waals surface area contributed by atoms with E-state index in [0.717, 1.165) is 0 Å². The molecule has 1 aromatic rings. The molecule has 1 fully saturated rings. The second kappa shape index (κ2) is 2.82. The molecule has 1 saturated carbocycles. The zero-order chi connectivity index (χ0) is 10.3. The minimum atomic E-state index is -0.737. The van der Waals surface area contributed by atoms with Gasteiger partial charge in [-0.3, -0.25) is 4.79 Å². The third-order valence-electron chi connectivity index (χ3n) is 2.56. The maximum Gasteiger partial charge on any atom is 0.151 e. The average Bonchev–Trinajstić information content (AvgIpc) is 2.42. The fourth-order valence-electron chi connectivity index (χ4n) is 1.86. The molecule has 0 saturated heterocycles. The average molecular weight is 210 g/mol. The lowest BCUT2D eigenvalue weighted by Crippen LogP contribution is -2.41. The summed E-state index contributed by atoms with van der Waals surface area (Å²) in [5, 5.41) is 9.39. The predicted octanol–water partition coefficient (Wildman–Crippen LogP) is 1.20. The van der Waals surface area contributed by atoms with Gasteiger partial charge in [-0.05, 0) is 0 Å². The van der Waals surface area contributed by atoms with Crippen LogP contribution in [0.5, 0.6) is 0 Å². The first-order valence-electron chi connectivity index (χ1n) is 4.19. The monoisotopic (exact) mass is 209 g/mol. The van der Waals surface area contributed by atoms with E-state index in [1.54, 1.807) is 17.9 Å². The van der Waals surface area contributed by atoms with Gasteiger partial charge in [-0.1, -0.05) is 11.6 Å². The first-order chi connectivity index (χ1) is 6.59. The molecule has 1 aromatic heterocycles. The van der Waals surface area contributed by atoms with Gasteiger partial charge in [-0.25, -0.2) is 4.98 Å². The molecule has 0 atom stereocenters. The van der Waals surface area contributed by atoms with E-state index in [9.17, 15) is 4.79 Å². The van der Waals surface area contributed by atoms with Crippen LogP contribution in [0.2, 0.25) is 5.15 Å². The summed E-state index contributed by atoms with van der Waals surface area (Å²) < 4.78 is 1.71. The minimum absolute atomic E-state index is 0.101. The van der Waals surface area contributed by atoms with Crippen molar-refractivity contribution >= 4 is 17.4 Å². The molecule has 0 spiro atoms. The molecule has 0 aromatic carbocycles. The molecule has 2 rings (SSSR count). The van der Waals surface area contributed by atoms with Gasteiger partial charge in [-0.15, -0.1) is 0 Å². The second-order valence-electron chi connectivity index (χ2n) is 3.58. The van der Waals surface area contributed by atoms with Crippen LogP contribution in [0.15, 0.2) is 6.33 Å². The summed E-state index contributed by atoms with van der Waals surface area (Å²) in [6, 6.07) is 2.16. The Morgan fingerprint density at radius 2 is 2.36 bits per heavy atom. The molecule has 1 heterocycles. The van der Waals surface area contributed by atoms with Crippen molar-refractivity contribution in [2.45, 2.75) is 18.3 Å². The molecule has 1 aliphatic rings. The van der Waals surface area contributed by atoms with Gasteiger partial charge in [0.25, 0.3) is 0 Å². The number of Topliss-reactive ketones (excluding diaryl/α,β-unsaturated/α-hetero) is 1. The van der Waals surface area contributed by atoms with Crippen molar-refractivity contribution in [1.82, 2.24) is 9.55 Å². The Kier molecular flexibility index (Phi) is 1.86. The van der Waals surface area contributed by atoms with Crippen molar-refractivity contribution in [1.29, 1.82) is 5.26 Å². The normalized spacial score (nSPS) is 18.8. The number of halogens is 1. The fourth-order valence-corrected chi connectivity index (χ4v) is 2.22. The van der Waals surface area contributed by atoms with Gasteiger partial charge in [0.15, 0.2) is 5.15 Å². The molecule has 4 nitrogen and oxygen atoms in total. The second-order valence-corrected chi connectivity index (χ2v) is 3.94. The van der Waals surface area contributed by atoms with Crippen molar-refractivity contribution in [2.24, 2.45) is 7.05 Å². The van der Waals surface area contributed by atoms with Gasteiger partial charge < -0.3 is 4.57 Å². The summed E-state index contributed by atoms with van der Waals surface area (Å²) in [7, 11) is 1.77. The summed E-state index contributed by atoms with van der Waals surface area (Å²) in [4.78, 5) is 14.9. The summed E-state index contributed by atoms with van der Waals surface area (Å²) in [5.41, 5.74) is -0.0827. The lowest BCUT2D eigenvalue weighted by atomic mass is 9.67. The number of ketones is 1. The van der Waals surface area contributed by atoms with Gasteiger partial charge in [-0.2, -0.15) is 5.26 Å². The Labute approximate surface area is 86.1 Å². The largest absolute Gasteiger partial charge is 0.335 e. The standard InChI is InChI=1S/C9H8ClN3O/c1-13-5-12-8(10)7(13)9(4-11)2-6(14)3-9/h5H,2-3H2,1H3. The van der Waals surface area contributed by atoms with Crippen molar-refractivity contribution in [3.63, 3.8) is 0 Å². The molecular formula is C9H8ClN3O. The van der Waals surface area contributed by atoms with Crippen LogP contribution in [0.1, 0.15) is 18.5 Å². The minimum Gasteiger partial charge on any atom is -0.335 e. The van der Waals surface area contributed by atoms with Gasteiger partial charge in [0.2, 0.25) is 0 Å². The highest BCUT2D eigenvalue weighted by Crippen LogP contribution is 2.42. The van der Waals surface area contributed by atoms with Crippen LogP contribution in [0, 0.1) is 11.3 Å². The highest BCUT2D eigenvalue weighted by Gasteiger charge is 2.48. The molecule has 0 aliphatic heterocycles. The summed E-state index contributed by atoms with van der Waals surface area (Å²) in [5.74, 6) is 0.101. The number of nitriles is 1. The van der Waals surface area contributed by atoms with Crippen LogP contribution in [-0.4, -0.2) is 15.3 Å². The first kappa shape index (κ1) is 9.22. The number of hydrogen-bond donors (Lipinski definition) is 0. The summed E-state index contributed by atoms with van der Waals surface area (Å²) in [6.07, 6.45) is 2.06. The van der Waals surface area contributed by atoms with E-state index < -0.39 is 5.41 Å². The van der Waals surface area contributed by atoms with Crippen molar-refractivity contribution in [3.05, 3.63) is 17.2 Å². The summed E-state index contributed by atoms with van der Waals surface area (Å²) in [6.45, 7) is 0. The van der Waals surface area contributed by atoms with Gasteiger partial charge in [0.1, 0.15) is 11.2 Å². The molecule has 0 unspecified atom stereocenters. The highest BCUT2D eigenvalue weighted by atomic mass is 35.5. The van der Waals surface area contributed by atoms with E-state index >= 15 is 0 Å². The van der Waals surface area contributed by atoms with Crippen LogP contribution in [0.4, 0.5) is 0 Å². The van der Waals surface area contributed by atoms with Crippen LogP contribution in [0.3, 0.4) is 0 Å². The van der Waals surface area contributed by atoms with E-state index in [-0.39, 0.29) is 18.6 Å². The zero-order valence-corrected chi connectivity index (χ0v) is 8.38. The van der Waals surface area contributed by atoms with Crippen LogP contribution in [0.25, 0.3) is 0 Å². The van der Waals surface area contributed by atoms with Crippen LogP contribution < -0.4 is 0 Å². The first-order valence-corrected chi connectivity index (χ1v) is 4.57. The Morgan fingerprint density at radius 3 is 2.71 bits per heavy atom. The van der Waals surface area contributed by atoms with Crippen molar-refractivity contribution < 1.29 is 4.79 Å². The van der Waals surface area contributed by atoms with E-state index in [0.29, 0.717) is 10.8 Å². The number of carbonyl (C=O) groups is 1. The molecule has 5 heteroatoms. The smallest absolute Gasteiger partial charge is 0.151 e. The van der Waals surface area contributed by atoms with E-state index in [2.05, 4.69) is 11.1 Å². The SMILES string of the molecule is Cn1cnc(Cl)c1C1(C#N)CC(=O)C1. The van der Waals surface area contributed by atoms with Crippen molar-refractivity contribution in [2.75, 3.05) is 0 Å². The maximum absolute atomic E-state index is 11.0. The third kappa shape index (κ3) is 1.06. The Morgan fingerprint density at radius 1 is 1.71 bits per heavy atom. The number of hydrogen-bond acceptors (Lipinski definition) is 3. The van der Waals surface area contributed by atoms with E-state index in [1.165, 1.54) is 0 Å². The molecule has 14 heavy (non-hydrogen) atoms. The van der Waals surface area contributed by atoms with E-state index in [1.807, 2.05) is 0 Å². The number of aryl methyl sites for hydroxylation is 1. The lowest BCUT2D eigenvalue weighted by molar-refractivity contribution is -0.126. The molecule has 0 radical (unpaired) electrons. The maximum atomic E-state index is 11.0. The molecule has 0 bridgehead atoms. The number of carbonyl (C=O) groups excluding carboxylic acids is 1. The quantitative estimate of drug-likeness (QED) is 0.698. The van der Waals surface area contributed by atoms with Crippen LogP contribution >= 0.6 is 11.6 Å².